The zero-order valence-corrected chi connectivity index (χ0v) is 23.6. The van der Waals surface area contributed by atoms with E-state index in [0.717, 1.165) is 9.86 Å². The first-order valence-corrected chi connectivity index (χ1v) is 13.5. The van der Waals surface area contributed by atoms with Crippen LogP contribution in [0.2, 0.25) is 5.02 Å². The Morgan fingerprint density at radius 2 is 1.69 bits per heavy atom. The summed E-state index contributed by atoms with van der Waals surface area (Å²) in [5.41, 5.74) is 1.61. The van der Waals surface area contributed by atoms with Crippen molar-refractivity contribution in [3.63, 3.8) is 0 Å². The molecule has 4 aromatic carbocycles. The van der Waals surface area contributed by atoms with Crippen LogP contribution < -0.4 is 14.4 Å². The number of nitrogens with zero attached hydrogens (tertiary/aromatic N) is 2. The average molecular weight is 608 g/mol. The van der Waals surface area contributed by atoms with E-state index in [1.807, 2.05) is 19.1 Å². The van der Waals surface area contributed by atoms with Crippen molar-refractivity contribution in [3.8, 4) is 11.5 Å². The van der Waals surface area contributed by atoms with E-state index >= 15 is 0 Å². The van der Waals surface area contributed by atoms with Crippen LogP contribution in [0.25, 0.3) is 10.8 Å². The maximum absolute atomic E-state index is 14.0. The molecule has 0 unspecified atom stereocenters. The van der Waals surface area contributed by atoms with Crippen molar-refractivity contribution in [3.05, 3.63) is 99.0 Å². The largest absolute Gasteiger partial charge is 0.496 e. The second-order valence-electron chi connectivity index (χ2n) is 8.79. The number of anilines is 1. The lowest BCUT2D eigenvalue weighted by molar-refractivity contribution is 0.0611. The number of hydrogen-bond donors (Lipinski definition) is 0. The van der Waals surface area contributed by atoms with Crippen LogP contribution >= 0.6 is 27.5 Å². The highest BCUT2D eigenvalue weighted by Crippen LogP contribution is 2.35. The minimum atomic E-state index is -0.415. The molecular weight excluding hydrogens is 584 g/mol. The molecule has 4 aromatic rings. The molecule has 1 heterocycles. The van der Waals surface area contributed by atoms with Crippen LogP contribution in [-0.2, 0) is 0 Å². The van der Waals surface area contributed by atoms with Gasteiger partial charge in [0.05, 0.1) is 25.0 Å². The van der Waals surface area contributed by atoms with E-state index in [9.17, 15) is 14.4 Å². The molecule has 0 fully saturated rings. The first-order chi connectivity index (χ1) is 18.8. The highest BCUT2D eigenvalue weighted by molar-refractivity contribution is 9.10. The highest BCUT2D eigenvalue weighted by Gasteiger charge is 2.34. The normalized spacial score (nSPS) is 12.6. The summed E-state index contributed by atoms with van der Waals surface area (Å²) in [7, 11) is 1.47. The van der Waals surface area contributed by atoms with E-state index in [0.29, 0.717) is 45.3 Å². The third-order valence-electron chi connectivity index (χ3n) is 6.58. The Balaban J connectivity index is 1.54. The van der Waals surface area contributed by atoms with Gasteiger partial charge in [0.1, 0.15) is 11.5 Å². The van der Waals surface area contributed by atoms with Gasteiger partial charge in [0, 0.05) is 39.1 Å². The summed E-state index contributed by atoms with van der Waals surface area (Å²) in [5, 5.41) is 1.78. The molecule has 0 radical (unpaired) electrons. The van der Waals surface area contributed by atoms with Crippen LogP contribution in [0.1, 0.15) is 38.0 Å². The number of hydrogen-bond acceptors (Lipinski definition) is 5. The van der Waals surface area contributed by atoms with Crippen molar-refractivity contribution in [2.75, 3.05) is 31.7 Å². The first-order valence-electron chi connectivity index (χ1n) is 12.3. The molecule has 0 saturated carbocycles. The van der Waals surface area contributed by atoms with Gasteiger partial charge in [-0.05, 0) is 60.8 Å². The van der Waals surface area contributed by atoms with Crippen LogP contribution in [-0.4, -0.2) is 49.4 Å². The van der Waals surface area contributed by atoms with E-state index < -0.39 is 17.7 Å². The number of carbonyl (C=O) groups is 3. The number of amides is 3. The number of halogens is 2. The van der Waals surface area contributed by atoms with E-state index in [4.69, 9.17) is 21.1 Å². The number of ether oxygens (including phenoxy) is 2. The Bertz CT molecular complexity index is 1600. The molecule has 198 valence electrons. The van der Waals surface area contributed by atoms with Crippen molar-refractivity contribution in [2.24, 2.45) is 0 Å². The third kappa shape index (κ3) is 4.86. The zero-order valence-electron chi connectivity index (χ0n) is 21.2. The Kier molecular flexibility index (Phi) is 7.59. The Labute approximate surface area is 239 Å². The minimum Gasteiger partial charge on any atom is -0.496 e. The molecule has 7 nitrogen and oxygen atoms in total. The van der Waals surface area contributed by atoms with E-state index in [2.05, 4.69) is 15.9 Å². The van der Waals surface area contributed by atoms with Crippen molar-refractivity contribution in [2.45, 2.75) is 6.92 Å². The topological polar surface area (TPSA) is 76.2 Å². The van der Waals surface area contributed by atoms with Gasteiger partial charge in [-0.1, -0.05) is 51.8 Å². The maximum atomic E-state index is 14.0. The standard InChI is InChI=1S/C30H24BrClN2O5/c1-3-39-26-10-5-4-9-24(26)33(30(37)22-17-18(32)11-14-25(22)38-2)15-16-34-28(35)20-8-6-7-19-23(31)13-12-21(27(19)20)29(34)36/h4-14,17H,3,15-16H2,1-2H3. The molecule has 9 heteroatoms. The van der Waals surface area contributed by atoms with Crippen molar-refractivity contribution < 1.29 is 23.9 Å². The molecule has 1 aliphatic heterocycles. The molecule has 39 heavy (non-hydrogen) atoms. The molecule has 0 spiro atoms. The van der Waals surface area contributed by atoms with Gasteiger partial charge < -0.3 is 14.4 Å². The van der Waals surface area contributed by atoms with Crippen LogP contribution in [0.5, 0.6) is 11.5 Å². The molecule has 0 aromatic heterocycles. The highest BCUT2D eigenvalue weighted by atomic mass is 79.9. The molecule has 3 amide bonds. The Hall–Kier alpha value is -3.88. The Morgan fingerprint density at radius 1 is 0.949 bits per heavy atom. The molecule has 0 saturated heterocycles. The van der Waals surface area contributed by atoms with E-state index in [1.54, 1.807) is 54.6 Å². The van der Waals surface area contributed by atoms with E-state index in [1.165, 1.54) is 23.0 Å². The predicted molar refractivity (Wildman–Crippen MR) is 154 cm³/mol. The van der Waals surface area contributed by atoms with Gasteiger partial charge in [0.15, 0.2) is 0 Å². The zero-order chi connectivity index (χ0) is 27.7. The summed E-state index contributed by atoms with van der Waals surface area (Å²) >= 11 is 9.74. The fraction of sp³-hybridized carbons (Fsp3) is 0.167. The molecule has 5 rings (SSSR count). The number of para-hydroxylation sites is 2. The van der Waals surface area contributed by atoms with Crippen molar-refractivity contribution in [1.82, 2.24) is 4.90 Å². The number of carbonyl (C=O) groups excluding carboxylic acids is 3. The Morgan fingerprint density at radius 3 is 2.44 bits per heavy atom. The van der Waals surface area contributed by atoms with Crippen LogP contribution in [0.15, 0.2) is 77.3 Å². The van der Waals surface area contributed by atoms with Gasteiger partial charge in [-0.2, -0.15) is 0 Å². The third-order valence-corrected chi connectivity index (χ3v) is 7.51. The van der Waals surface area contributed by atoms with Gasteiger partial charge >= 0.3 is 0 Å². The quantitative estimate of drug-likeness (QED) is 0.211. The van der Waals surface area contributed by atoms with E-state index in [-0.39, 0.29) is 18.7 Å². The molecule has 0 N–H and O–H groups in total. The SMILES string of the molecule is CCOc1ccccc1N(CCN1C(=O)c2cccc3c(Br)ccc(c23)C1=O)C(=O)c1cc(Cl)ccc1OC. The van der Waals surface area contributed by atoms with Gasteiger partial charge in [-0.3, -0.25) is 19.3 Å². The average Bonchev–Trinajstić information content (AvgIpc) is 2.95. The lowest BCUT2D eigenvalue weighted by Crippen LogP contribution is -2.46. The minimum absolute atomic E-state index is 0.0118. The molecule has 1 aliphatic rings. The number of benzene rings is 4. The molecule has 0 bridgehead atoms. The van der Waals surface area contributed by atoms with Gasteiger partial charge in [0.25, 0.3) is 17.7 Å². The van der Waals surface area contributed by atoms with Crippen LogP contribution in [0.4, 0.5) is 5.69 Å². The second-order valence-corrected chi connectivity index (χ2v) is 10.1. The van der Waals surface area contributed by atoms with Crippen molar-refractivity contribution in [1.29, 1.82) is 0 Å². The van der Waals surface area contributed by atoms with Gasteiger partial charge in [-0.25, -0.2) is 0 Å². The van der Waals surface area contributed by atoms with Crippen molar-refractivity contribution >= 4 is 61.7 Å². The monoisotopic (exact) mass is 606 g/mol. The summed E-state index contributed by atoms with van der Waals surface area (Å²) in [6.45, 7) is 2.21. The van der Waals surface area contributed by atoms with Gasteiger partial charge in [-0.15, -0.1) is 0 Å². The summed E-state index contributed by atoms with van der Waals surface area (Å²) in [6, 6.07) is 20.8. The molecule has 0 atom stereocenters. The summed E-state index contributed by atoms with van der Waals surface area (Å²) < 4.78 is 12.0. The number of rotatable bonds is 8. The van der Waals surface area contributed by atoms with Gasteiger partial charge in [0.2, 0.25) is 0 Å². The second kappa shape index (κ2) is 11.1. The van der Waals surface area contributed by atoms with Crippen LogP contribution in [0.3, 0.4) is 0 Å². The molecular formula is C30H24BrClN2O5. The fourth-order valence-electron chi connectivity index (χ4n) is 4.80. The lowest BCUT2D eigenvalue weighted by Gasteiger charge is -2.31. The first kappa shape index (κ1) is 26.7. The number of imide groups is 1. The summed E-state index contributed by atoms with van der Waals surface area (Å²) in [4.78, 5) is 43.8. The fourth-order valence-corrected chi connectivity index (χ4v) is 5.43. The lowest BCUT2D eigenvalue weighted by atomic mass is 9.94. The number of methoxy groups -OCH3 is 1. The molecule has 0 aliphatic carbocycles. The summed E-state index contributed by atoms with van der Waals surface area (Å²) in [6.07, 6.45) is 0. The van der Waals surface area contributed by atoms with Crippen LogP contribution in [0, 0.1) is 0 Å². The smallest absolute Gasteiger partial charge is 0.262 e. The predicted octanol–water partition coefficient (Wildman–Crippen LogP) is 6.61. The summed E-state index contributed by atoms with van der Waals surface area (Å²) in [5.74, 6) is -0.404. The maximum Gasteiger partial charge on any atom is 0.262 e.